The molecule has 1 unspecified atom stereocenters. The van der Waals surface area contributed by atoms with Crippen LogP contribution in [0.1, 0.15) is 27.2 Å². The molecule has 1 aromatic heterocycles. The van der Waals surface area contributed by atoms with E-state index in [1.807, 2.05) is 25.1 Å². The molecule has 1 aliphatic rings. The summed E-state index contributed by atoms with van der Waals surface area (Å²) < 4.78 is 6.45. The molecule has 134 valence electrons. The summed E-state index contributed by atoms with van der Waals surface area (Å²) in [6.07, 6.45) is 0.276. The number of hydrogen-bond acceptors (Lipinski definition) is 5. The van der Waals surface area contributed by atoms with Crippen LogP contribution in [0, 0.1) is 11.8 Å². The molecule has 0 spiro atoms. The predicted molar refractivity (Wildman–Crippen MR) is 98.9 cm³/mol. The SMILES string of the molecule is CCOc1ccc2nc(NC(=O)C3CC(=O)N(CC(C)C)C3)sc2c1. The third kappa shape index (κ3) is 4.10. The van der Waals surface area contributed by atoms with E-state index >= 15 is 0 Å². The highest BCUT2D eigenvalue weighted by Gasteiger charge is 2.34. The lowest BCUT2D eigenvalue weighted by atomic mass is 10.1. The summed E-state index contributed by atoms with van der Waals surface area (Å²) in [5.74, 6) is 0.803. The predicted octanol–water partition coefficient (Wildman–Crippen LogP) is 3.14. The van der Waals surface area contributed by atoms with Crippen molar-refractivity contribution in [1.29, 1.82) is 0 Å². The van der Waals surface area contributed by atoms with Crippen LogP contribution in [0.25, 0.3) is 10.2 Å². The molecular weight excluding hydrogens is 338 g/mol. The molecule has 2 heterocycles. The topological polar surface area (TPSA) is 71.5 Å². The number of carbonyl (C=O) groups excluding carboxylic acids is 2. The lowest BCUT2D eigenvalue weighted by Gasteiger charge is -2.18. The zero-order chi connectivity index (χ0) is 18.0. The molecule has 1 aliphatic heterocycles. The van der Waals surface area contributed by atoms with Crippen molar-refractivity contribution in [3.63, 3.8) is 0 Å². The Labute approximate surface area is 151 Å². The maximum Gasteiger partial charge on any atom is 0.231 e. The Balaban J connectivity index is 1.67. The third-order valence-electron chi connectivity index (χ3n) is 4.07. The molecule has 3 rings (SSSR count). The number of anilines is 1. The summed E-state index contributed by atoms with van der Waals surface area (Å²) in [7, 11) is 0. The minimum absolute atomic E-state index is 0.0551. The minimum atomic E-state index is -0.308. The van der Waals surface area contributed by atoms with Gasteiger partial charge in [-0.25, -0.2) is 4.98 Å². The van der Waals surface area contributed by atoms with E-state index in [4.69, 9.17) is 4.74 Å². The summed E-state index contributed by atoms with van der Waals surface area (Å²) in [4.78, 5) is 30.7. The highest BCUT2D eigenvalue weighted by molar-refractivity contribution is 7.22. The number of fused-ring (bicyclic) bond motifs is 1. The number of hydrogen-bond donors (Lipinski definition) is 1. The normalized spacial score (nSPS) is 17.5. The van der Waals surface area contributed by atoms with Crippen LogP contribution in [0.3, 0.4) is 0 Å². The first kappa shape index (κ1) is 17.7. The first-order chi connectivity index (χ1) is 12.0. The molecule has 6 nitrogen and oxygen atoms in total. The molecule has 1 aromatic carbocycles. The van der Waals surface area contributed by atoms with Crippen LogP contribution in [0.5, 0.6) is 5.75 Å². The number of nitrogens with zero attached hydrogens (tertiary/aromatic N) is 2. The van der Waals surface area contributed by atoms with Crippen molar-refractivity contribution in [3.8, 4) is 5.75 Å². The van der Waals surface area contributed by atoms with E-state index in [1.54, 1.807) is 4.90 Å². The van der Waals surface area contributed by atoms with Crippen LogP contribution in [-0.4, -0.2) is 41.4 Å². The second-order valence-electron chi connectivity index (χ2n) is 6.66. The number of likely N-dealkylation sites (tertiary alicyclic amines) is 1. The molecule has 2 aromatic rings. The zero-order valence-corrected chi connectivity index (χ0v) is 15.6. The summed E-state index contributed by atoms with van der Waals surface area (Å²) >= 11 is 1.42. The Morgan fingerprint density at radius 2 is 2.28 bits per heavy atom. The lowest BCUT2D eigenvalue weighted by Crippen LogP contribution is -2.31. The Bertz CT molecular complexity index is 787. The zero-order valence-electron chi connectivity index (χ0n) is 14.7. The first-order valence-electron chi connectivity index (χ1n) is 8.58. The fraction of sp³-hybridized carbons (Fsp3) is 0.500. The van der Waals surface area contributed by atoms with Crippen molar-refractivity contribution in [2.24, 2.45) is 11.8 Å². The van der Waals surface area contributed by atoms with Gasteiger partial charge in [0.2, 0.25) is 11.8 Å². The average molecular weight is 361 g/mol. The largest absolute Gasteiger partial charge is 0.494 e. The number of thiazole rings is 1. The maximum absolute atomic E-state index is 12.5. The van der Waals surface area contributed by atoms with Gasteiger partial charge in [-0.3, -0.25) is 9.59 Å². The molecule has 25 heavy (non-hydrogen) atoms. The summed E-state index contributed by atoms with van der Waals surface area (Å²) in [6, 6.07) is 5.68. The highest BCUT2D eigenvalue weighted by Crippen LogP contribution is 2.30. The van der Waals surface area contributed by atoms with E-state index in [2.05, 4.69) is 24.1 Å². The fourth-order valence-electron chi connectivity index (χ4n) is 2.99. The second kappa shape index (κ2) is 7.39. The number of nitrogens with one attached hydrogen (secondary N) is 1. The van der Waals surface area contributed by atoms with Crippen LogP contribution in [0.2, 0.25) is 0 Å². The Kier molecular flexibility index (Phi) is 5.22. The average Bonchev–Trinajstić information content (AvgIpc) is 3.10. The van der Waals surface area contributed by atoms with Gasteiger partial charge in [0.05, 0.1) is 22.7 Å². The van der Waals surface area contributed by atoms with Gasteiger partial charge in [-0.15, -0.1) is 0 Å². The molecule has 0 bridgehead atoms. The van der Waals surface area contributed by atoms with E-state index in [0.717, 1.165) is 16.0 Å². The van der Waals surface area contributed by atoms with E-state index in [1.165, 1.54) is 11.3 Å². The van der Waals surface area contributed by atoms with Crippen molar-refractivity contribution >= 4 is 38.5 Å². The molecule has 0 radical (unpaired) electrons. The molecule has 1 fully saturated rings. The summed E-state index contributed by atoms with van der Waals surface area (Å²) in [5.41, 5.74) is 0.827. The van der Waals surface area contributed by atoms with E-state index in [0.29, 0.717) is 30.7 Å². The van der Waals surface area contributed by atoms with Crippen LogP contribution in [0.4, 0.5) is 5.13 Å². The standard InChI is InChI=1S/C18H23N3O3S/c1-4-24-13-5-6-14-15(8-13)25-18(19-14)20-17(23)12-7-16(22)21(10-12)9-11(2)3/h5-6,8,11-12H,4,7,9-10H2,1-3H3,(H,19,20,23). The van der Waals surface area contributed by atoms with Crippen LogP contribution in [-0.2, 0) is 9.59 Å². The lowest BCUT2D eigenvalue weighted by molar-refractivity contribution is -0.128. The monoisotopic (exact) mass is 361 g/mol. The van der Waals surface area contributed by atoms with Crippen LogP contribution >= 0.6 is 11.3 Å². The van der Waals surface area contributed by atoms with Crippen molar-refractivity contribution in [1.82, 2.24) is 9.88 Å². The van der Waals surface area contributed by atoms with Crippen molar-refractivity contribution < 1.29 is 14.3 Å². The second-order valence-corrected chi connectivity index (χ2v) is 7.70. The number of carbonyl (C=O) groups is 2. The molecular formula is C18H23N3O3S. The van der Waals surface area contributed by atoms with Crippen molar-refractivity contribution in [2.45, 2.75) is 27.2 Å². The quantitative estimate of drug-likeness (QED) is 0.858. The van der Waals surface area contributed by atoms with Crippen LogP contribution < -0.4 is 10.1 Å². The van der Waals surface area contributed by atoms with Gasteiger partial charge in [-0.1, -0.05) is 25.2 Å². The van der Waals surface area contributed by atoms with Gasteiger partial charge >= 0.3 is 0 Å². The number of benzene rings is 1. The van der Waals surface area contributed by atoms with Gasteiger partial charge in [0.15, 0.2) is 5.13 Å². The van der Waals surface area contributed by atoms with Gasteiger partial charge in [0.1, 0.15) is 5.75 Å². The summed E-state index contributed by atoms with van der Waals surface area (Å²) in [6.45, 7) is 7.87. The van der Waals surface area contributed by atoms with Crippen molar-refractivity contribution in [3.05, 3.63) is 18.2 Å². The molecule has 0 saturated carbocycles. The minimum Gasteiger partial charge on any atom is -0.494 e. The molecule has 1 atom stereocenters. The van der Waals surface area contributed by atoms with Gasteiger partial charge in [-0.2, -0.15) is 0 Å². The van der Waals surface area contributed by atoms with E-state index in [-0.39, 0.29) is 24.2 Å². The Morgan fingerprint density at radius 1 is 1.48 bits per heavy atom. The molecule has 2 amide bonds. The van der Waals surface area contributed by atoms with Crippen molar-refractivity contribution in [2.75, 3.05) is 25.0 Å². The highest BCUT2D eigenvalue weighted by atomic mass is 32.1. The number of amides is 2. The molecule has 1 saturated heterocycles. The number of rotatable bonds is 6. The van der Waals surface area contributed by atoms with E-state index < -0.39 is 0 Å². The van der Waals surface area contributed by atoms with Gasteiger partial charge in [0, 0.05) is 19.5 Å². The Morgan fingerprint density at radius 3 is 3.00 bits per heavy atom. The molecule has 7 heteroatoms. The molecule has 1 N–H and O–H groups in total. The number of ether oxygens (including phenoxy) is 1. The first-order valence-corrected chi connectivity index (χ1v) is 9.40. The van der Waals surface area contributed by atoms with Gasteiger partial charge in [-0.05, 0) is 31.0 Å². The maximum atomic E-state index is 12.5. The van der Waals surface area contributed by atoms with E-state index in [9.17, 15) is 9.59 Å². The smallest absolute Gasteiger partial charge is 0.231 e. The summed E-state index contributed by atoms with van der Waals surface area (Å²) in [5, 5.41) is 3.43. The molecule has 0 aliphatic carbocycles. The van der Waals surface area contributed by atoms with Gasteiger partial charge < -0.3 is 15.0 Å². The third-order valence-corrected chi connectivity index (χ3v) is 5.01. The number of aromatic nitrogens is 1. The fourth-order valence-corrected chi connectivity index (χ4v) is 3.88. The van der Waals surface area contributed by atoms with Gasteiger partial charge in [0.25, 0.3) is 0 Å². The Hall–Kier alpha value is -2.15. The van der Waals surface area contributed by atoms with Crippen LogP contribution in [0.15, 0.2) is 18.2 Å².